The number of anilines is 1. The Hall–Kier alpha value is -6.57. The fraction of sp³-hybridized carbons (Fsp3) is 0.500. The SMILES string of the molecule is Cc1ncsc1-c1ccc([C@H](CC(=O)NCCCCCCCNC(=O)c2ccc(C(=O)Nc3ccc4nc(CN5CCC[C@@H]5C)[nH]c4c3)cc2)NC(=O)[C@@H]2C[C@@H](O)CN2C(=O)[C@@H](NC(=O)C2(F)CC2)C(C)(C)C)cc1. The summed E-state index contributed by atoms with van der Waals surface area (Å²) in [6.07, 6.45) is 5.51. The Bertz CT molecular complexity index is 2840. The molecule has 6 amide bonds. The second-order valence-corrected chi connectivity index (χ2v) is 22.4. The minimum Gasteiger partial charge on any atom is -0.391 e. The van der Waals surface area contributed by atoms with Gasteiger partial charge in [-0.05, 0) is 118 Å². The van der Waals surface area contributed by atoms with E-state index in [2.05, 4.69) is 48.4 Å². The zero-order valence-electron chi connectivity index (χ0n) is 43.6. The van der Waals surface area contributed by atoms with Gasteiger partial charge in [-0.15, -0.1) is 11.3 Å². The first-order valence-electron chi connectivity index (χ1n) is 26.3. The van der Waals surface area contributed by atoms with E-state index in [0.29, 0.717) is 41.5 Å². The minimum atomic E-state index is -2.01. The molecule has 5 aromatic rings. The lowest BCUT2D eigenvalue weighted by atomic mass is 9.85. The zero-order chi connectivity index (χ0) is 53.4. The molecule has 17 nitrogen and oxygen atoms in total. The number of aromatic nitrogens is 3. The smallest absolute Gasteiger partial charge is 0.258 e. The van der Waals surface area contributed by atoms with Gasteiger partial charge in [-0.1, -0.05) is 64.3 Å². The summed E-state index contributed by atoms with van der Waals surface area (Å²) in [5.74, 6) is -1.89. The lowest BCUT2D eigenvalue weighted by Crippen LogP contribution is -2.59. The highest BCUT2D eigenvalue weighted by Crippen LogP contribution is 2.40. The number of aliphatic hydroxyl groups excluding tert-OH is 1. The maximum absolute atomic E-state index is 14.7. The first kappa shape index (κ1) is 54.7. The van der Waals surface area contributed by atoms with Gasteiger partial charge in [0.05, 0.1) is 52.2 Å². The molecule has 1 aliphatic carbocycles. The molecule has 0 bridgehead atoms. The number of aliphatic hydroxyl groups is 1. The van der Waals surface area contributed by atoms with Crippen LogP contribution in [0, 0.1) is 12.3 Å². The number of fused-ring (bicyclic) bond motifs is 1. The van der Waals surface area contributed by atoms with Gasteiger partial charge in [0.1, 0.15) is 17.9 Å². The number of benzene rings is 3. The van der Waals surface area contributed by atoms with Crippen LogP contribution in [0.15, 0.2) is 72.2 Å². The van der Waals surface area contributed by atoms with Gasteiger partial charge in [0.15, 0.2) is 5.67 Å². The van der Waals surface area contributed by atoms with Crippen molar-refractivity contribution in [2.75, 3.05) is 31.5 Å². The average Bonchev–Trinajstić information content (AvgIpc) is 3.77. The molecule has 0 radical (unpaired) electrons. The van der Waals surface area contributed by atoms with Crippen LogP contribution >= 0.6 is 11.3 Å². The first-order chi connectivity index (χ1) is 35.8. The largest absolute Gasteiger partial charge is 0.391 e. The number of nitrogens with zero attached hydrogens (tertiary/aromatic N) is 4. The van der Waals surface area contributed by atoms with Gasteiger partial charge in [0.2, 0.25) is 17.7 Å². The molecule has 75 heavy (non-hydrogen) atoms. The maximum Gasteiger partial charge on any atom is 0.258 e. The number of H-pyrrole nitrogens is 1. The summed E-state index contributed by atoms with van der Waals surface area (Å²) in [5, 5.41) is 25.2. The number of alkyl halides is 1. The monoisotopic (exact) mass is 1050 g/mol. The number of hydrogen-bond donors (Lipinski definition) is 7. The number of aryl methyl sites for hydroxylation is 1. The molecule has 1 saturated carbocycles. The zero-order valence-corrected chi connectivity index (χ0v) is 44.4. The predicted octanol–water partition coefficient (Wildman–Crippen LogP) is 7.27. The van der Waals surface area contributed by atoms with Crippen LogP contribution in [-0.2, 0) is 25.7 Å². The molecule has 8 rings (SSSR count). The van der Waals surface area contributed by atoms with E-state index in [0.717, 1.165) is 78.2 Å². The summed E-state index contributed by atoms with van der Waals surface area (Å²) < 4.78 is 14.7. The standard InChI is InChI=1S/C56H71FN10O7S/c1-34-12-11-27-66(34)32-46-62-42-22-21-40(28-44(42)63-46)61-51(71)39-19-17-38(18-20-39)50(70)59-26-10-8-6-7-9-25-58-47(69)30-43(36-13-15-37(16-14-36)48-35(2)60-33-75-48)64-52(72)45-29-41(68)31-67(45)53(73)49(55(3,4)5)65-54(74)56(57)23-24-56/h13-22,28,33-34,41,43,45,49,68H,6-12,23-27,29-32H2,1-5H3,(H,58,69)(H,59,70)(H,61,71)(H,62,63)(H,64,72)(H,65,74)/t34-,41+,43-,45-,49+/m0/s1. The Morgan fingerprint density at radius 1 is 0.893 bits per heavy atom. The van der Waals surface area contributed by atoms with Gasteiger partial charge < -0.3 is 41.6 Å². The van der Waals surface area contributed by atoms with Gasteiger partial charge in [-0.2, -0.15) is 0 Å². The van der Waals surface area contributed by atoms with Crippen LogP contribution in [-0.4, -0.2) is 121 Å². The number of amides is 6. The number of rotatable bonds is 22. The second-order valence-electron chi connectivity index (χ2n) is 21.6. The number of unbranched alkanes of at least 4 members (excludes halogenated alkanes) is 4. The van der Waals surface area contributed by atoms with E-state index >= 15 is 0 Å². The molecule has 2 aliphatic heterocycles. The van der Waals surface area contributed by atoms with Crippen molar-refractivity contribution < 1.29 is 38.3 Å². The number of halogens is 1. The number of hydrogen-bond acceptors (Lipinski definition) is 11. The molecular formula is C56H71FN10O7S. The molecule has 7 N–H and O–H groups in total. The van der Waals surface area contributed by atoms with E-state index in [9.17, 15) is 38.3 Å². The Morgan fingerprint density at radius 3 is 2.21 bits per heavy atom. The second kappa shape index (κ2) is 24.0. The van der Waals surface area contributed by atoms with E-state index < -0.39 is 53.0 Å². The average molecular weight is 1050 g/mol. The van der Waals surface area contributed by atoms with Crippen LogP contribution in [0.25, 0.3) is 21.5 Å². The topological polar surface area (TPSA) is 231 Å². The van der Waals surface area contributed by atoms with Crippen LogP contribution in [0.1, 0.15) is 142 Å². The highest BCUT2D eigenvalue weighted by atomic mass is 32.1. The van der Waals surface area contributed by atoms with Crippen molar-refractivity contribution in [3.05, 3.63) is 100 Å². The Kier molecular flexibility index (Phi) is 17.5. The molecule has 3 aliphatic rings. The molecule has 3 aromatic carbocycles. The highest BCUT2D eigenvalue weighted by Gasteiger charge is 2.53. The Labute approximate surface area is 441 Å². The van der Waals surface area contributed by atoms with Crippen molar-refractivity contribution >= 4 is 63.5 Å². The number of aromatic amines is 1. The Balaban J connectivity index is 0.768. The number of nitrogens with one attached hydrogen (secondary N) is 6. The normalized spacial score (nSPS) is 19.1. The molecule has 0 unspecified atom stereocenters. The molecule has 2 aromatic heterocycles. The van der Waals surface area contributed by atoms with Crippen molar-refractivity contribution in [2.24, 2.45) is 5.41 Å². The van der Waals surface area contributed by atoms with E-state index in [1.165, 1.54) is 29.1 Å². The summed E-state index contributed by atoms with van der Waals surface area (Å²) in [5.41, 5.74) is 4.66. The lowest BCUT2D eigenvalue weighted by Gasteiger charge is -2.36. The van der Waals surface area contributed by atoms with Gasteiger partial charge in [-0.25, -0.2) is 14.4 Å². The molecule has 2 saturated heterocycles. The van der Waals surface area contributed by atoms with Gasteiger partial charge >= 0.3 is 0 Å². The van der Waals surface area contributed by atoms with Crippen LogP contribution < -0.4 is 26.6 Å². The van der Waals surface area contributed by atoms with Gasteiger partial charge in [0, 0.05) is 48.9 Å². The number of imidazole rings is 1. The third-order valence-corrected chi connectivity index (χ3v) is 15.6. The number of carbonyl (C=O) groups is 6. The predicted molar refractivity (Wildman–Crippen MR) is 286 cm³/mol. The number of likely N-dealkylation sites (tertiary alicyclic amines) is 2. The third kappa shape index (κ3) is 14.0. The first-order valence-corrected chi connectivity index (χ1v) is 27.2. The molecule has 3 fully saturated rings. The molecule has 400 valence electrons. The number of β-amino-alcohol motifs (C(OH)–C–C–N with tert-alkyl or cyclic N) is 1. The van der Waals surface area contributed by atoms with Gasteiger partial charge in [0.25, 0.3) is 17.7 Å². The van der Waals surface area contributed by atoms with Crippen molar-refractivity contribution in [2.45, 2.75) is 148 Å². The molecule has 0 spiro atoms. The van der Waals surface area contributed by atoms with Crippen LogP contribution in [0.5, 0.6) is 0 Å². The summed E-state index contributed by atoms with van der Waals surface area (Å²) >= 11 is 1.51. The summed E-state index contributed by atoms with van der Waals surface area (Å²) in [6, 6.07) is 17.2. The summed E-state index contributed by atoms with van der Waals surface area (Å²) in [6.45, 7) is 12.0. The number of carbonyl (C=O) groups excluding carboxylic acids is 6. The maximum atomic E-state index is 14.7. The van der Waals surface area contributed by atoms with E-state index in [1.54, 1.807) is 50.5 Å². The van der Waals surface area contributed by atoms with Crippen molar-refractivity contribution in [1.29, 1.82) is 0 Å². The van der Waals surface area contributed by atoms with Crippen molar-refractivity contribution in [3.8, 4) is 10.4 Å². The molecule has 5 atom stereocenters. The van der Waals surface area contributed by atoms with Crippen LogP contribution in [0.3, 0.4) is 0 Å². The molecular weight excluding hydrogens is 976 g/mol. The minimum absolute atomic E-state index is 0.0498. The van der Waals surface area contributed by atoms with Crippen LogP contribution in [0.2, 0.25) is 0 Å². The highest BCUT2D eigenvalue weighted by molar-refractivity contribution is 7.13. The van der Waals surface area contributed by atoms with E-state index in [1.807, 2.05) is 49.4 Å². The quantitative estimate of drug-likeness (QED) is 0.0343. The summed E-state index contributed by atoms with van der Waals surface area (Å²) in [4.78, 5) is 97.7. The summed E-state index contributed by atoms with van der Waals surface area (Å²) in [7, 11) is 0. The van der Waals surface area contributed by atoms with Crippen LogP contribution in [0.4, 0.5) is 10.1 Å². The van der Waals surface area contributed by atoms with Gasteiger partial charge in [-0.3, -0.25) is 33.7 Å². The molecule has 4 heterocycles. The van der Waals surface area contributed by atoms with Crippen molar-refractivity contribution in [1.82, 2.24) is 46.0 Å². The third-order valence-electron chi connectivity index (χ3n) is 14.6. The lowest BCUT2D eigenvalue weighted by molar-refractivity contribution is -0.145. The fourth-order valence-electron chi connectivity index (χ4n) is 9.86. The number of thiazole rings is 1. The molecule has 19 heteroatoms. The van der Waals surface area contributed by atoms with E-state index in [-0.39, 0.29) is 49.9 Å². The van der Waals surface area contributed by atoms with Crippen molar-refractivity contribution in [3.63, 3.8) is 0 Å². The Morgan fingerprint density at radius 2 is 1.57 bits per heavy atom. The van der Waals surface area contributed by atoms with E-state index in [4.69, 9.17) is 4.98 Å². The fourth-order valence-corrected chi connectivity index (χ4v) is 10.7.